The fourth-order valence-corrected chi connectivity index (χ4v) is 3.18. The summed E-state index contributed by atoms with van der Waals surface area (Å²) < 4.78 is 0.981. The van der Waals surface area contributed by atoms with Crippen LogP contribution in [0.3, 0.4) is 0 Å². The van der Waals surface area contributed by atoms with Gasteiger partial charge in [0.15, 0.2) is 5.69 Å². The molecule has 4 rings (SSSR count). The van der Waals surface area contributed by atoms with Crippen molar-refractivity contribution in [3.63, 3.8) is 0 Å². The predicted octanol–water partition coefficient (Wildman–Crippen LogP) is 1.39. The van der Waals surface area contributed by atoms with Crippen LogP contribution in [-0.2, 0) is 6.54 Å². The Morgan fingerprint density at radius 2 is 1.41 bits per heavy atom. The average molecular weight is 363 g/mol. The Bertz CT molecular complexity index is 1150. The topological polar surface area (TPSA) is 110 Å². The van der Waals surface area contributed by atoms with Crippen LogP contribution < -0.4 is 5.56 Å². The van der Waals surface area contributed by atoms with Gasteiger partial charge in [0.05, 0.1) is 23.1 Å². The SMILES string of the molecule is O=C(O)c1nn(CCN2C(=O)c3ccccc3C2=O)c(=O)c2ccccc12. The van der Waals surface area contributed by atoms with E-state index in [1.165, 1.54) is 12.1 Å². The van der Waals surface area contributed by atoms with Crippen LogP contribution in [-0.4, -0.2) is 44.1 Å². The van der Waals surface area contributed by atoms with Crippen molar-refractivity contribution in [3.05, 3.63) is 75.7 Å². The van der Waals surface area contributed by atoms with Gasteiger partial charge in [0.25, 0.3) is 17.4 Å². The highest BCUT2D eigenvalue weighted by Crippen LogP contribution is 2.22. The van der Waals surface area contributed by atoms with Gasteiger partial charge >= 0.3 is 5.97 Å². The molecule has 0 atom stereocenters. The lowest BCUT2D eigenvalue weighted by Crippen LogP contribution is -2.36. The Kier molecular flexibility index (Phi) is 3.80. The van der Waals surface area contributed by atoms with Crippen LogP contribution in [0, 0.1) is 0 Å². The van der Waals surface area contributed by atoms with Crippen LogP contribution in [0.1, 0.15) is 31.2 Å². The molecule has 3 aromatic rings. The van der Waals surface area contributed by atoms with Crippen molar-refractivity contribution in [1.82, 2.24) is 14.7 Å². The molecular formula is C19H13N3O5. The summed E-state index contributed by atoms with van der Waals surface area (Å²) in [6.07, 6.45) is 0. The van der Waals surface area contributed by atoms with Gasteiger partial charge in [-0.15, -0.1) is 0 Å². The van der Waals surface area contributed by atoms with E-state index >= 15 is 0 Å². The van der Waals surface area contributed by atoms with Crippen molar-refractivity contribution < 1.29 is 19.5 Å². The number of aromatic nitrogens is 2. The molecule has 0 saturated heterocycles. The van der Waals surface area contributed by atoms with E-state index in [0.717, 1.165) is 9.58 Å². The predicted molar refractivity (Wildman–Crippen MR) is 94.8 cm³/mol. The lowest BCUT2D eigenvalue weighted by atomic mass is 10.1. The highest BCUT2D eigenvalue weighted by Gasteiger charge is 2.34. The second kappa shape index (κ2) is 6.17. The summed E-state index contributed by atoms with van der Waals surface area (Å²) in [5, 5.41) is 13.8. The van der Waals surface area contributed by atoms with Gasteiger partial charge in [0, 0.05) is 11.9 Å². The number of hydrogen-bond donors (Lipinski definition) is 1. The fraction of sp³-hybridized carbons (Fsp3) is 0.105. The number of rotatable bonds is 4. The number of imide groups is 1. The maximum Gasteiger partial charge on any atom is 0.357 e. The Morgan fingerprint density at radius 1 is 0.852 bits per heavy atom. The summed E-state index contributed by atoms with van der Waals surface area (Å²) in [4.78, 5) is 49.9. The molecule has 8 nitrogen and oxygen atoms in total. The Balaban J connectivity index is 1.69. The van der Waals surface area contributed by atoms with Gasteiger partial charge in [-0.1, -0.05) is 30.3 Å². The number of carbonyl (C=O) groups is 3. The third-order valence-corrected chi connectivity index (χ3v) is 4.48. The quantitative estimate of drug-likeness (QED) is 0.702. The molecule has 2 amide bonds. The summed E-state index contributed by atoms with van der Waals surface area (Å²) >= 11 is 0. The van der Waals surface area contributed by atoms with Crippen LogP contribution >= 0.6 is 0 Å². The number of carbonyl (C=O) groups excluding carboxylic acids is 2. The summed E-state index contributed by atoms with van der Waals surface area (Å²) in [6.45, 7) is -0.188. The maximum atomic E-state index is 12.6. The highest BCUT2D eigenvalue weighted by atomic mass is 16.4. The van der Waals surface area contributed by atoms with Gasteiger partial charge in [0.1, 0.15) is 0 Å². The van der Waals surface area contributed by atoms with E-state index < -0.39 is 23.3 Å². The zero-order valence-electron chi connectivity index (χ0n) is 14.0. The van der Waals surface area contributed by atoms with Crippen molar-refractivity contribution in [2.75, 3.05) is 6.54 Å². The molecule has 0 spiro atoms. The van der Waals surface area contributed by atoms with E-state index in [2.05, 4.69) is 5.10 Å². The maximum absolute atomic E-state index is 12.6. The second-order valence-corrected chi connectivity index (χ2v) is 6.04. The fourth-order valence-electron chi connectivity index (χ4n) is 3.18. The highest BCUT2D eigenvalue weighted by molar-refractivity contribution is 6.21. The molecule has 0 fully saturated rings. The van der Waals surface area contributed by atoms with Crippen LogP contribution in [0.2, 0.25) is 0 Å². The Morgan fingerprint density at radius 3 is 2.00 bits per heavy atom. The minimum atomic E-state index is -1.26. The largest absolute Gasteiger partial charge is 0.476 e. The molecule has 0 bridgehead atoms. The molecule has 1 aliphatic rings. The van der Waals surface area contributed by atoms with Crippen LogP contribution in [0.5, 0.6) is 0 Å². The molecule has 134 valence electrons. The third kappa shape index (κ3) is 2.58. The minimum Gasteiger partial charge on any atom is -0.476 e. The summed E-state index contributed by atoms with van der Waals surface area (Å²) in [5.74, 6) is -2.15. The number of carboxylic acids is 1. The first-order chi connectivity index (χ1) is 13.0. The lowest BCUT2D eigenvalue weighted by Gasteiger charge is -2.15. The molecule has 1 aliphatic heterocycles. The van der Waals surface area contributed by atoms with E-state index in [-0.39, 0.29) is 29.6 Å². The third-order valence-electron chi connectivity index (χ3n) is 4.48. The normalized spacial score (nSPS) is 13.3. The van der Waals surface area contributed by atoms with Crippen LogP contribution in [0.4, 0.5) is 0 Å². The first-order valence-corrected chi connectivity index (χ1v) is 8.17. The van der Waals surface area contributed by atoms with Gasteiger partial charge in [-0.2, -0.15) is 5.10 Å². The minimum absolute atomic E-state index is 0.0867. The summed E-state index contributed by atoms with van der Waals surface area (Å²) in [6, 6.07) is 12.8. The van der Waals surface area contributed by atoms with E-state index in [0.29, 0.717) is 11.1 Å². The smallest absolute Gasteiger partial charge is 0.357 e. The van der Waals surface area contributed by atoms with Crippen molar-refractivity contribution in [2.45, 2.75) is 6.54 Å². The number of nitrogens with zero attached hydrogens (tertiary/aromatic N) is 3. The number of hydrogen-bond acceptors (Lipinski definition) is 5. The van der Waals surface area contributed by atoms with Crippen molar-refractivity contribution in [3.8, 4) is 0 Å². The molecular weight excluding hydrogens is 350 g/mol. The molecule has 1 aromatic heterocycles. The van der Waals surface area contributed by atoms with Crippen molar-refractivity contribution in [1.29, 1.82) is 0 Å². The molecule has 0 unspecified atom stereocenters. The number of amides is 2. The molecule has 2 aromatic carbocycles. The number of fused-ring (bicyclic) bond motifs is 2. The second-order valence-electron chi connectivity index (χ2n) is 6.04. The molecule has 0 aliphatic carbocycles. The monoisotopic (exact) mass is 363 g/mol. The zero-order valence-corrected chi connectivity index (χ0v) is 14.0. The first-order valence-electron chi connectivity index (χ1n) is 8.17. The van der Waals surface area contributed by atoms with E-state index in [1.807, 2.05) is 0 Å². The standard InChI is InChI=1S/C19H13N3O5/c23-16-13-7-3-4-8-14(13)17(24)21(16)9-10-22-18(25)12-6-2-1-5-11(12)15(20-22)19(26)27/h1-8H,9-10H2,(H,26,27). The number of benzene rings is 2. The van der Waals surface area contributed by atoms with Crippen LogP contribution in [0.15, 0.2) is 53.3 Å². The van der Waals surface area contributed by atoms with Crippen molar-refractivity contribution >= 4 is 28.6 Å². The molecule has 2 heterocycles. The van der Waals surface area contributed by atoms with Gasteiger partial charge in [-0.3, -0.25) is 19.3 Å². The average Bonchev–Trinajstić information content (AvgIpc) is 2.92. The van der Waals surface area contributed by atoms with E-state index in [9.17, 15) is 24.3 Å². The number of carboxylic acid groups (broad SMARTS) is 1. The van der Waals surface area contributed by atoms with E-state index in [4.69, 9.17) is 0 Å². The molecule has 0 saturated carbocycles. The Hall–Kier alpha value is -3.81. The first kappa shape index (κ1) is 16.6. The molecule has 8 heteroatoms. The van der Waals surface area contributed by atoms with Gasteiger partial charge < -0.3 is 5.11 Å². The Labute approximate surface area is 152 Å². The van der Waals surface area contributed by atoms with Crippen LogP contribution in [0.25, 0.3) is 10.8 Å². The van der Waals surface area contributed by atoms with Crippen molar-refractivity contribution in [2.24, 2.45) is 0 Å². The summed E-state index contributed by atoms with van der Waals surface area (Å²) in [5.41, 5.74) is -0.111. The van der Waals surface area contributed by atoms with Gasteiger partial charge in [-0.05, 0) is 18.2 Å². The zero-order chi connectivity index (χ0) is 19.1. The number of aromatic carboxylic acids is 1. The lowest BCUT2D eigenvalue weighted by molar-refractivity contribution is 0.0638. The summed E-state index contributed by atoms with van der Waals surface area (Å²) in [7, 11) is 0. The van der Waals surface area contributed by atoms with Gasteiger partial charge in [-0.25, -0.2) is 9.48 Å². The van der Waals surface area contributed by atoms with Gasteiger partial charge in [0.2, 0.25) is 0 Å². The molecule has 0 radical (unpaired) electrons. The molecule has 1 N–H and O–H groups in total. The van der Waals surface area contributed by atoms with E-state index in [1.54, 1.807) is 36.4 Å². The molecule has 27 heavy (non-hydrogen) atoms.